The molecule has 1 rings (SSSR count). The van der Waals surface area contributed by atoms with E-state index in [1.54, 1.807) is 0 Å². The summed E-state index contributed by atoms with van der Waals surface area (Å²) in [6.45, 7) is 17.6. The number of benzene rings is 1. The zero-order valence-electron chi connectivity index (χ0n) is 19.3. The van der Waals surface area contributed by atoms with Crippen LogP contribution < -0.4 is 0 Å². The zero-order valence-corrected chi connectivity index (χ0v) is 20.2. The van der Waals surface area contributed by atoms with E-state index in [9.17, 15) is 29.6 Å². The van der Waals surface area contributed by atoms with Gasteiger partial charge in [-0.25, -0.2) is 8.97 Å². The van der Waals surface area contributed by atoms with Gasteiger partial charge in [0.25, 0.3) is 0 Å². The van der Waals surface area contributed by atoms with Crippen LogP contribution in [0.25, 0.3) is 5.57 Å². The van der Waals surface area contributed by atoms with Crippen molar-refractivity contribution in [3.63, 3.8) is 0 Å². The second-order valence-corrected chi connectivity index (χ2v) is 10.4. The van der Waals surface area contributed by atoms with Gasteiger partial charge in [-0.1, -0.05) is 12.1 Å². The molecule has 182 valence electrons. The molecule has 0 saturated heterocycles. The Kier molecular flexibility index (Phi) is 9.36. The van der Waals surface area contributed by atoms with Gasteiger partial charge < -0.3 is 4.90 Å². The van der Waals surface area contributed by atoms with Gasteiger partial charge in [0.15, 0.2) is 6.21 Å². The Labute approximate surface area is 180 Å². The van der Waals surface area contributed by atoms with Gasteiger partial charge in [-0.15, -0.1) is 0 Å². The van der Waals surface area contributed by atoms with Gasteiger partial charge in [0, 0.05) is 18.3 Å². The fourth-order valence-corrected chi connectivity index (χ4v) is 2.93. The number of hydrogen-bond donors (Lipinski definition) is 0. The Bertz CT molecular complexity index is 734. The molecule has 0 bridgehead atoms. The summed E-state index contributed by atoms with van der Waals surface area (Å²) in [7, 11) is -10.7. The van der Waals surface area contributed by atoms with Crippen LogP contribution in [0.2, 0.25) is 0 Å². The predicted molar refractivity (Wildman–Crippen MR) is 117 cm³/mol. The van der Waals surface area contributed by atoms with E-state index in [2.05, 4.69) is 77.3 Å². The van der Waals surface area contributed by atoms with Crippen LogP contribution in [-0.2, 0) is 0 Å². The molecule has 0 saturated carbocycles. The number of rotatable bonds is 7. The Morgan fingerprint density at radius 2 is 1.13 bits per heavy atom. The minimum atomic E-state index is -10.7. The summed E-state index contributed by atoms with van der Waals surface area (Å²) in [6.07, 6.45) is 4.42. The molecule has 0 aliphatic heterocycles. The van der Waals surface area contributed by atoms with Gasteiger partial charge in [-0.3, -0.25) is 0 Å². The molecule has 0 spiro atoms. The van der Waals surface area contributed by atoms with Crippen molar-refractivity contribution in [3.8, 4) is 0 Å². The first-order valence-electron chi connectivity index (χ1n) is 10.0. The number of hydrogen-bond acceptors (Lipinski definition) is 1. The Morgan fingerprint density at radius 3 is 1.42 bits per heavy atom. The zero-order chi connectivity index (χ0) is 24.8. The van der Waals surface area contributed by atoms with Crippen LogP contribution >= 0.6 is 7.81 Å². The molecule has 0 amide bonds. The van der Waals surface area contributed by atoms with Crippen molar-refractivity contribution in [2.45, 2.75) is 79.6 Å². The average molecular weight is 478 g/mol. The second kappa shape index (κ2) is 9.88. The van der Waals surface area contributed by atoms with Crippen molar-refractivity contribution in [2.75, 3.05) is 0 Å². The van der Waals surface area contributed by atoms with Crippen LogP contribution in [0.15, 0.2) is 30.5 Å². The van der Waals surface area contributed by atoms with Crippen LogP contribution in [0.4, 0.5) is 29.6 Å². The van der Waals surface area contributed by atoms with Gasteiger partial charge in [0.05, 0.1) is 5.57 Å². The third kappa shape index (κ3) is 14.9. The predicted octanol–water partition coefficient (Wildman–Crippen LogP) is 8.57. The fraction of sp³-hybridized carbons (Fsp3) is 0.571. The monoisotopic (exact) mass is 478 g/mol. The van der Waals surface area contributed by atoms with E-state index < -0.39 is 7.81 Å². The molecule has 0 fully saturated rings. The molecule has 0 aliphatic carbocycles. The van der Waals surface area contributed by atoms with E-state index in [0.29, 0.717) is 24.2 Å². The third-order valence-electron chi connectivity index (χ3n) is 4.14. The number of allylic oxidation sites excluding steroid dienone is 1. The molecular formula is C21H34F7N2P. The van der Waals surface area contributed by atoms with E-state index in [1.807, 2.05) is 12.1 Å². The minimum absolute atomic E-state index is 0.202. The summed E-state index contributed by atoms with van der Waals surface area (Å²) < 4.78 is 74.9. The van der Waals surface area contributed by atoms with Crippen LogP contribution in [0, 0.1) is 5.82 Å². The molecule has 0 atom stereocenters. The van der Waals surface area contributed by atoms with E-state index >= 15 is 0 Å². The van der Waals surface area contributed by atoms with Crippen molar-refractivity contribution in [3.05, 3.63) is 41.8 Å². The van der Waals surface area contributed by atoms with Crippen LogP contribution in [0.3, 0.4) is 0 Å². The van der Waals surface area contributed by atoms with Crippen molar-refractivity contribution >= 4 is 19.6 Å². The summed E-state index contributed by atoms with van der Waals surface area (Å²) in [5.41, 5.74) is 2.15. The molecule has 0 aliphatic rings. The molecule has 31 heavy (non-hydrogen) atoms. The van der Waals surface area contributed by atoms with Crippen molar-refractivity contribution in [1.82, 2.24) is 4.90 Å². The molecule has 10 heteroatoms. The van der Waals surface area contributed by atoms with E-state index in [1.165, 1.54) is 12.1 Å². The first-order valence-corrected chi connectivity index (χ1v) is 12.0. The number of halogens is 7. The first kappa shape index (κ1) is 29.4. The van der Waals surface area contributed by atoms with E-state index in [4.69, 9.17) is 0 Å². The van der Waals surface area contributed by atoms with Crippen molar-refractivity contribution in [1.29, 1.82) is 0 Å². The molecule has 0 N–H and O–H groups in total. The van der Waals surface area contributed by atoms with Crippen LogP contribution in [-0.4, -0.2) is 39.9 Å². The molecule has 1 aromatic rings. The van der Waals surface area contributed by atoms with Crippen molar-refractivity contribution < 1.29 is 34.1 Å². The van der Waals surface area contributed by atoms with Gasteiger partial charge >= 0.3 is 33.0 Å². The number of nitrogens with zero attached hydrogens (tertiary/aromatic N) is 2. The maximum absolute atomic E-state index is 13.3. The quantitative estimate of drug-likeness (QED) is 0.165. The SMILES string of the molecule is CC(C)N(/C=C(/C=[N+](C(C)C)C(C)C)c1ccc(F)cc1)C(C)C.F[P-](F)(F)(F)(F)F. The summed E-state index contributed by atoms with van der Waals surface area (Å²) >= 11 is 0. The van der Waals surface area contributed by atoms with Gasteiger partial charge in [0.1, 0.15) is 17.9 Å². The first-order chi connectivity index (χ1) is 13.6. The third-order valence-corrected chi connectivity index (χ3v) is 4.14. The van der Waals surface area contributed by atoms with E-state index in [-0.39, 0.29) is 5.82 Å². The van der Waals surface area contributed by atoms with Crippen LogP contribution in [0.1, 0.15) is 61.0 Å². The maximum atomic E-state index is 13.3. The average Bonchev–Trinajstić information content (AvgIpc) is 2.51. The normalized spacial score (nSPS) is 14.9. The molecular weight excluding hydrogens is 444 g/mol. The second-order valence-electron chi connectivity index (χ2n) is 8.45. The molecule has 1 aromatic carbocycles. The molecule has 2 nitrogen and oxygen atoms in total. The standard InChI is InChI=1S/C21H34FN2.F6P/c1-15(2)23(16(3)4)13-20(14-24(17(5)6)18(7)8)19-9-11-21(22)12-10-19;1-7(2,3,4,5)6/h9-18H,1-8H3;/q+1;-1. The summed E-state index contributed by atoms with van der Waals surface area (Å²) in [5.74, 6) is -0.202. The van der Waals surface area contributed by atoms with Gasteiger partial charge in [-0.2, -0.15) is 0 Å². The molecule has 0 unspecified atom stereocenters. The van der Waals surface area contributed by atoms with Gasteiger partial charge in [0.2, 0.25) is 0 Å². The summed E-state index contributed by atoms with van der Waals surface area (Å²) in [4.78, 5) is 2.34. The van der Waals surface area contributed by atoms with Crippen molar-refractivity contribution in [2.24, 2.45) is 0 Å². The molecule has 0 radical (unpaired) electrons. The van der Waals surface area contributed by atoms with Gasteiger partial charge in [-0.05, 0) is 73.1 Å². The summed E-state index contributed by atoms with van der Waals surface area (Å²) in [6, 6.07) is 8.38. The Balaban J connectivity index is 0.00000110. The summed E-state index contributed by atoms with van der Waals surface area (Å²) in [5, 5.41) is 0. The Morgan fingerprint density at radius 1 is 0.774 bits per heavy atom. The fourth-order valence-electron chi connectivity index (χ4n) is 2.93. The topological polar surface area (TPSA) is 6.25 Å². The molecule has 0 aromatic heterocycles. The Hall–Kier alpha value is -1.63. The van der Waals surface area contributed by atoms with Crippen LogP contribution in [0.5, 0.6) is 0 Å². The van der Waals surface area contributed by atoms with E-state index in [0.717, 1.165) is 11.1 Å². The molecule has 0 heterocycles.